The normalized spacial score (nSPS) is 11.5. The van der Waals surface area contributed by atoms with Crippen LogP contribution in [0.1, 0.15) is 19.4 Å². The van der Waals surface area contributed by atoms with Crippen molar-refractivity contribution in [3.8, 4) is 11.5 Å². The lowest BCUT2D eigenvalue weighted by molar-refractivity contribution is 0.365. The number of phenolic OH excluding ortho intramolecular Hbond substituents is 1. The summed E-state index contributed by atoms with van der Waals surface area (Å²) < 4.78 is 18.5. The number of benzene rings is 1. The summed E-state index contributed by atoms with van der Waals surface area (Å²) in [5.41, 5.74) is 4.85. The van der Waals surface area contributed by atoms with E-state index in [1.165, 1.54) is 19.2 Å². The van der Waals surface area contributed by atoms with E-state index >= 15 is 0 Å². The van der Waals surface area contributed by atoms with Crippen LogP contribution >= 0.6 is 0 Å². The van der Waals surface area contributed by atoms with Crippen molar-refractivity contribution in [3.63, 3.8) is 0 Å². The highest BCUT2D eigenvalue weighted by Gasteiger charge is 2.25. The summed E-state index contributed by atoms with van der Waals surface area (Å²) in [4.78, 5) is 0. The van der Waals surface area contributed by atoms with Gasteiger partial charge in [0.1, 0.15) is 5.75 Å². The van der Waals surface area contributed by atoms with Crippen molar-refractivity contribution >= 4 is 0 Å². The minimum atomic E-state index is -0.942. The second-order valence-electron chi connectivity index (χ2n) is 3.70. The Bertz CT molecular complexity index is 345. The minimum Gasteiger partial charge on any atom is -0.507 e. The summed E-state index contributed by atoms with van der Waals surface area (Å²) in [6.45, 7) is 3.23. The zero-order valence-electron chi connectivity index (χ0n) is 8.47. The van der Waals surface area contributed by atoms with Gasteiger partial charge in [0, 0.05) is 5.54 Å². The minimum absolute atomic E-state index is 0.0665. The number of hydrogen-bond donors (Lipinski definition) is 2. The summed E-state index contributed by atoms with van der Waals surface area (Å²) in [5, 5.41) is 9.47. The lowest BCUT2D eigenvalue weighted by Crippen LogP contribution is -2.30. The molecule has 3 nitrogen and oxygen atoms in total. The molecule has 1 aromatic carbocycles. The van der Waals surface area contributed by atoms with Gasteiger partial charge in [-0.3, -0.25) is 0 Å². The number of rotatable bonds is 2. The van der Waals surface area contributed by atoms with E-state index in [-0.39, 0.29) is 17.1 Å². The monoisotopic (exact) mass is 199 g/mol. The Labute approximate surface area is 82.3 Å². The Balaban J connectivity index is 3.40. The Hall–Kier alpha value is -1.29. The van der Waals surface area contributed by atoms with Crippen molar-refractivity contribution < 1.29 is 14.2 Å². The number of phenols is 1. The highest BCUT2D eigenvalue weighted by molar-refractivity contribution is 5.44. The molecule has 0 aliphatic rings. The molecule has 0 saturated carbocycles. The molecular weight excluding hydrogens is 185 g/mol. The summed E-state index contributed by atoms with van der Waals surface area (Å²) in [6.07, 6.45) is 0. The van der Waals surface area contributed by atoms with E-state index in [2.05, 4.69) is 0 Å². The van der Waals surface area contributed by atoms with E-state index in [9.17, 15) is 9.50 Å². The predicted molar refractivity (Wildman–Crippen MR) is 51.8 cm³/mol. The van der Waals surface area contributed by atoms with Gasteiger partial charge in [0.25, 0.3) is 0 Å². The van der Waals surface area contributed by atoms with Gasteiger partial charge in [-0.25, -0.2) is 4.39 Å². The van der Waals surface area contributed by atoms with Crippen LogP contribution in [-0.2, 0) is 5.54 Å². The maximum absolute atomic E-state index is 13.7. The second-order valence-corrected chi connectivity index (χ2v) is 3.70. The molecule has 0 amide bonds. The van der Waals surface area contributed by atoms with Crippen molar-refractivity contribution in [3.05, 3.63) is 23.5 Å². The van der Waals surface area contributed by atoms with Crippen molar-refractivity contribution in [2.75, 3.05) is 7.11 Å². The molecular formula is C10H14FNO2. The number of aromatic hydroxyl groups is 1. The number of ether oxygens (including phenoxy) is 1. The van der Waals surface area contributed by atoms with E-state index in [1.54, 1.807) is 13.8 Å². The molecule has 0 fully saturated rings. The predicted octanol–water partition coefficient (Wildman–Crippen LogP) is 1.73. The van der Waals surface area contributed by atoms with Gasteiger partial charge in [0.15, 0.2) is 11.6 Å². The van der Waals surface area contributed by atoms with Gasteiger partial charge in [0.2, 0.25) is 0 Å². The van der Waals surface area contributed by atoms with Crippen molar-refractivity contribution in [2.45, 2.75) is 19.4 Å². The summed E-state index contributed by atoms with van der Waals surface area (Å²) in [6, 6.07) is 2.73. The largest absolute Gasteiger partial charge is 0.507 e. The van der Waals surface area contributed by atoms with Crippen LogP contribution in [0, 0.1) is 5.82 Å². The highest BCUT2D eigenvalue weighted by Crippen LogP contribution is 2.34. The summed E-state index contributed by atoms with van der Waals surface area (Å²) in [7, 11) is 1.36. The molecule has 0 atom stereocenters. The number of halogens is 1. The van der Waals surface area contributed by atoms with E-state index in [0.717, 1.165) is 0 Å². The first kappa shape index (κ1) is 10.8. The zero-order chi connectivity index (χ0) is 10.9. The van der Waals surface area contributed by atoms with Crippen LogP contribution in [0.2, 0.25) is 0 Å². The first-order chi connectivity index (χ1) is 6.38. The molecule has 0 heterocycles. The first-order valence-corrected chi connectivity index (χ1v) is 4.22. The molecule has 0 aliphatic heterocycles. The number of hydrogen-bond acceptors (Lipinski definition) is 3. The molecule has 0 saturated heterocycles. The van der Waals surface area contributed by atoms with Crippen LogP contribution in [0.3, 0.4) is 0 Å². The average Bonchev–Trinajstić information content (AvgIpc) is 2.02. The molecule has 3 N–H and O–H groups in total. The van der Waals surface area contributed by atoms with Gasteiger partial charge in [-0.15, -0.1) is 0 Å². The maximum Gasteiger partial charge on any atom is 0.173 e. The van der Waals surface area contributed by atoms with Gasteiger partial charge >= 0.3 is 0 Å². The van der Waals surface area contributed by atoms with Crippen LogP contribution in [0.4, 0.5) is 4.39 Å². The average molecular weight is 199 g/mol. The van der Waals surface area contributed by atoms with Gasteiger partial charge in [0.05, 0.1) is 12.7 Å². The first-order valence-electron chi connectivity index (χ1n) is 4.22. The lowest BCUT2D eigenvalue weighted by Gasteiger charge is -2.21. The third-order valence-corrected chi connectivity index (χ3v) is 1.95. The van der Waals surface area contributed by atoms with E-state index in [4.69, 9.17) is 10.5 Å². The van der Waals surface area contributed by atoms with Gasteiger partial charge in [-0.2, -0.15) is 0 Å². The molecule has 0 aliphatic carbocycles. The summed E-state index contributed by atoms with van der Waals surface area (Å²) >= 11 is 0. The third-order valence-electron chi connectivity index (χ3n) is 1.95. The molecule has 4 heteroatoms. The second kappa shape index (κ2) is 3.46. The standard InChI is InChI=1S/C10H14FNO2/c1-10(2,12)8-6(13)4-5-7(14-3)9(8)11/h4-5,13H,12H2,1-3H3. The van der Waals surface area contributed by atoms with Crippen LogP contribution in [0.15, 0.2) is 12.1 Å². The Morgan fingerprint density at radius 3 is 2.43 bits per heavy atom. The van der Waals surface area contributed by atoms with Gasteiger partial charge < -0.3 is 15.6 Å². The Morgan fingerprint density at radius 1 is 1.43 bits per heavy atom. The molecule has 0 aromatic heterocycles. The van der Waals surface area contributed by atoms with Crippen molar-refractivity contribution in [2.24, 2.45) is 5.73 Å². The molecule has 0 spiro atoms. The quantitative estimate of drug-likeness (QED) is 0.762. The fourth-order valence-corrected chi connectivity index (χ4v) is 1.32. The zero-order valence-corrected chi connectivity index (χ0v) is 8.47. The Kier molecular flexibility index (Phi) is 2.66. The van der Waals surface area contributed by atoms with Crippen molar-refractivity contribution in [1.29, 1.82) is 0 Å². The molecule has 0 unspecified atom stereocenters. The molecule has 0 bridgehead atoms. The van der Waals surface area contributed by atoms with E-state index in [0.29, 0.717) is 0 Å². The van der Waals surface area contributed by atoms with E-state index < -0.39 is 11.4 Å². The molecule has 1 aromatic rings. The van der Waals surface area contributed by atoms with E-state index in [1.807, 2.05) is 0 Å². The molecule has 78 valence electrons. The lowest BCUT2D eigenvalue weighted by atomic mass is 9.94. The molecule has 0 radical (unpaired) electrons. The van der Waals surface area contributed by atoms with Crippen LogP contribution in [0.5, 0.6) is 11.5 Å². The van der Waals surface area contributed by atoms with Gasteiger partial charge in [-0.1, -0.05) is 0 Å². The van der Waals surface area contributed by atoms with Crippen LogP contribution in [0.25, 0.3) is 0 Å². The van der Waals surface area contributed by atoms with Crippen LogP contribution < -0.4 is 10.5 Å². The van der Waals surface area contributed by atoms with Crippen molar-refractivity contribution in [1.82, 2.24) is 0 Å². The molecule has 1 rings (SSSR count). The fourth-order valence-electron chi connectivity index (χ4n) is 1.32. The fraction of sp³-hybridized carbons (Fsp3) is 0.400. The highest BCUT2D eigenvalue weighted by atomic mass is 19.1. The summed E-state index contributed by atoms with van der Waals surface area (Å²) in [5.74, 6) is -0.688. The topological polar surface area (TPSA) is 55.5 Å². The maximum atomic E-state index is 13.7. The molecule has 14 heavy (non-hydrogen) atoms. The third kappa shape index (κ3) is 1.80. The van der Waals surface area contributed by atoms with Crippen LogP contribution in [-0.4, -0.2) is 12.2 Å². The van der Waals surface area contributed by atoms with Gasteiger partial charge in [-0.05, 0) is 26.0 Å². The smallest absolute Gasteiger partial charge is 0.173 e. The number of methoxy groups -OCH3 is 1. The number of nitrogens with two attached hydrogens (primary N) is 1. The Morgan fingerprint density at radius 2 is 2.00 bits per heavy atom. The SMILES string of the molecule is COc1ccc(O)c(C(C)(C)N)c1F.